The molecule has 0 saturated carbocycles. The van der Waals surface area contributed by atoms with E-state index in [4.69, 9.17) is 4.74 Å². The van der Waals surface area contributed by atoms with E-state index in [1.54, 1.807) is 48.5 Å². The van der Waals surface area contributed by atoms with Crippen LogP contribution >= 0.6 is 0 Å². The molecule has 31 heavy (non-hydrogen) atoms. The summed E-state index contributed by atoms with van der Waals surface area (Å²) < 4.78 is 5.71. The molecule has 154 valence electrons. The first-order chi connectivity index (χ1) is 15.1. The zero-order valence-electron chi connectivity index (χ0n) is 16.7. The summed E-state index contributed by atoms with van der Waals surface area (Å²) in [6, 6.07) is 25.1. The Bertz CT molecular complexity index is 1160. The van der Waals surface area contributed by atoms with Crippen LogP contribution in [0.1, 0.15) is 28.8 Å². The summed E-state index contributed by atoms with van der Waals surface area (Å²) in [7, 11) is 0. The molecule has 0 unspecified atom stereocenters. The smallest absolute Gasteiger partial charge is 0.359 e. The van der Waals surface area contributed by atoms with Crippen molar-refractivity contribution >= 4 is 23.5 Å². The molecule has 0 aromatic heterocycles. The van der Waals surface area contributed by atoms with Gasteiger partial charge < -0.3 is 9.64 Å². The minimum atomic E-state index is -1.53. The van der Waals surface area contributed by atoms with Gasteiger partial charge in [0.2, 0.25) is 11.6 Å². The van der Waals surface area contributed by atoms with Crippen LogP contribution in [0.15, 0.2) is 84.9 Å². The maximum Gasteiger partial charge on any atom is 0.359 e. The number of hydrogen-bond donors (Lipinski definition) is 0. The first kappa shape index (κ1) is 19.1. The average Bonchev–Trinajstić information content (AvgIpc) is 3.16. The number of para-hydroxylation sites is 2. The number of rotatable bonds is 4. The van der Waals surface area contributed by atoms with Crippen LogP contribution in [0, 0.1) is 0 Å². The number of nitrogens with zero attached hydrogens (tertiary/aromatic N) is 2. The Morgan fingerprint density at radius 1 is 0.871 bits per heavy atom. The number of fused-ring (bicyclic) bond motifs is 3. The first-order valence-electron chi connectivity index (χ1n) is 10.2. The Balaban J connectivity index is 1.66. The van der Waals surface area contributed by atoms with E-state index in [0.29, 0.717) is 17.0 Å². The van der Waals surface area contributed by atoms with Crippen LogP contribution in [0.2, 0.25) is 0 Å². The van der Waals surface area contributed by atoms with E-state index in [0.717, 1.165) is 5.56 Å². The van der Waals surface area contributed by atoms with Crippen LogP contribution < -0.4 is 9.64 Å². The second-order valence-electron chi connectivity index (χ2n) is 7.64. The standard InChI is InChI=1S/C25H20N2O4/c28-22-15-16-25(24(30)31-19-11-5-2-6-12-19)26(17-18-9-3-1-4-10-18)23(29)20-13-7-8-14-21(20)27(22)25/h1-14H,15-17H2/t25-/m1/s1. The normalized spacial score (nSPS) is 19.7. The van der Waals surface area contributed by atoms with Crippen molar-refractivity contribution in [2.24, 2.45) is 0 Å². The molecule has 1 atom stereocenters. The number of carbonyl (C=O) groups is 3. The highest BCUT2D eigenvalue weighted by atomic mass is 16.5. The zero-order valence-corrected chi connectivity index (χ0v) is 16.7. The van der Waals surface area contributed by atoms with Crippen molar-refractivity contribution in [3.05, 3.63) is 96.1 Å². The largest absolute Gasteiger partial charge is 0.423 e. The van der Waals surface area contributed by atoms with Gasteiger partial charge in [0.15, 0.2) is 0 Å². The lowest BCUT2D eigenvalue weighted by Gasteiger charge is -2.48. The van der Waals surface area contributed by atoms with Gasteiger partial charge in [0.25, 0.3) is 5.91 Å². The number of anilines is 1. The Labute approximate surface area is 179 Å². The second kappa shape index (κ2) is 7.40. The van der Waals surface area contributed by atoms with Gasteiger partial charge in [-0.2, -0.15) is 0 Å². The third kappa shape index (κ3) is 2.99. The predicted octanol–water partition coefficient (Wildman–Crippen LogP) is 3.77. The van der Waals surface area contributed by atoms with E-state index in [9.17, 15) is 14.4 Å². The molecule has 1 saturated heterocycles. The number of benzene rings is 3. The van der Waals surface area contributed by atoms with Gasteiger partial charge >= 0.3 is 5.97 Å². The van der Waals surface area contributed by atoms with Gasteiger partial charge in [-0.25, -0.2) is 4.79 Å². The van der Waals surface area contributed by atoms with Gasteiger partial charge in [0.1, 0.15) is 5.75 Å². The lowest BCUT2D eigenvalue weighted by Crippen LogP contribution is -2.68. The topological polar surface area (TPSA) is 66.9 Å². The maximum absolute atomic E-state index is 13.7. The summed E-state index contributed by atoms with van der Waals surface area (Å²) in [5.74, 6) is -0.770. The number of amides is 2. The minimum absolute atomic E-state index is 0.150. The van der Waals surface area contributed by atoms with Crippen molar-refractivity contribution < 1.29 is 19.1 Å². The van der Waals surface area contributed by atoms with Crippen molar-refractivity contribution in [2.75, 3.05) is 4.90 Å². The number of esters is 1. The molecule has 5 rings (SSSR count). The summed E-state index contributed by atoms with van der Waals surface area (Å²) in [6.07, 6.45) is 0.321. The molecule has 2 aliphatic heterocycles. The fourth-order valence-electron chi connectivity index (χ4n) is 4.41. The SMILES string of the molecule is O=C1c2ccccc2N2C(=O)CC[C@@]2(C(=O)Oc2ccccc2)N1Cc1ccccc1. The fourth-order valence-corrected chi connectivity index (χ4v) is 4.41. The summed E-state index contributed by atoms with van der Waals surface area (Å²) in [6.45, 7) is 0.182. The quantitative estimate of drug-likeness (QED) is 0.483. The van der Waals surface area contributed by atoms with E-state index in [1.165, 1.54) is 9.80 Å². The molecule has 3 aromatic carbocycles. The molecular weight excluding hydrogens is 392 g/mol. The monoisotopic (exact) mass is 412 g/mol. The van der Waals surface area contributed by atoms with Crippen LogP contribution in [0.3, 0.4) is 0 Å². The highest BCUT2D eigenvalue weighted by molar-refractivity contribution is 6.15. The predicted molar refractivity (Wildman–Crippen MR) is 114 cm³/mol. The molecule has 0 radical (unpaired) electrons. The van der Waals surface area contributed by atoms with Gasteiger partial charge in [0, 0.05) is 19.4 Å². The highest BCUT2D eigenvalue weighted by Gasteiger charge is 2.62. The molecule has 0 aliphatic carbocycles. The summed E-state index contributed by atoms with van der Waals surface area (Å²) in [5.41, 5.74) is 0.177. The Kier molecular flexibility index (Phi) is 4.55. The molecule has 0 N–H and O–H groups in total. The lowest BCUT2D eigenvalue weighted by atomic mass is 9.95. The van der Waals surface area contributed by atoms with Crippen LogP contribution in [-0.4, -0.2) is 28.3 Å². The van der Waals surface area contributed by atoms with Gasteiger partial charge in [-0.15, -0.1) is 0 Å². The number of carbonyl (C=O) groups excluding carboxylic acids is 3. The van der Waals surface area contributed by atoms with Gasteiger partial charge in [-0.3, -0.25) is 14.5 Å². The maximum atomic E-state index is 13.7. The molecule has 2 aliphatic rings. The average molecular weight is 412 g/mol. The summed E-state index contributed by atoms with van der Waals surface area (Å²) in [5, 5.41) is 0. The third-order valence-corrected chi connectivity index (χ3v) is 5.84. The van der Waals surface area contributed by atoms with Crippen LogP contribution in [-0.2, 0) is 16.1 Å². The van der Waals surface area contributed by atoms with E-state index in [1.807, 2.05) is 36.4 Å². The molecule has 2 heterocycles. The Hall–Kier alpha value is -3.93. The fraction of sp³-hybridized carbons (Fsp3) is 0.160. The van der Waals surface area contributed by atoms with Crippen molar-refractivity contribution in [1.82, 2.24) is 4.90 Å². The molecular formula is C25H20N2O4. The first-order valence-corrected chi connectivity index (χ1v) is 10.2. The van der Waals surface area contributed by atoms with Crippen molar-refractivity contribution in [3.8, 4) is 5.75 Å². The van der Waals surface area contributed by atoms with Gasteiger partial charge in [0.05, 0.1) is 11.3 Å². The molecule has 6 heteroatoms. The zero-order chi connectivity index (χ0) is 21.4. The van der Waals surface area contributed by atoms with Crippen molar-refractivity contribution in [1.29, 1.82) is 0 Å². The summed E-state index contributed by atoms with van der Waals surface area (Å²) >= 11 is 0. The van der Waals surface area contributed by atoms with E-state index < -0.39 is 11.6 Å². The molecule has 0 bridgehead atoms. The molecule has 1 fully saturated rings. The highest BCUT2D eigenvalue weighted by Crippen LogP contribution is 2.45. The van der Waals surface area contributed by atoms with Gasteiger partial charge in [-0.05, 0) is 29.8 Å². The van der Waals surface area contributed by atoms with E-state index >= 15 is 0 Å². The third-order valence-electron chi connectivity index (χ3n) is 5.84. The summed E-state index contributed by atoms with van der Waals surface area (Å²) in [4.78, 5) is 43.2. The lowest BCUT2D eigenvalue weighted by molar-refractivity contribution is -0.148. The van der Waals surface area contributed by atoms with E-state index in [-0.39, 0.29) is 31.2 Å². The van der Waals surface area contributed by atoms with Crippen molar-refractivity contribution in [3.63, 3.8) is 0 Å². The van der Waals surface area contributed by atoms with Crippen LogP contribution in [0.4, 0.5) is 5.69 Å². The Morgan fingerprint density at radius 2 is 1.52 bits per heavy atom. The van der Waals surface area contributed by atoms with E-state index in [2.05, 4.69) is 0 Å². The molecule has 0 spiro atoms. The molecule has 6 nitrogen and oxygen atoms in total. The second-order valence-corrected chi connectivity index (χ2v) is 7.64. The van der Waals surface area contributed by atoms with Crippen LogP contribution in [0.25, 0.3) is 0 Å². The number of ether oxygens (including phenoxy) is 1. The van der Waals surface area contributed by atoms with Crippen LogP contribution in [0.5, 0.6) is 5.75 Å². The van der Waals surface area contributed by atoms with Gasteiger partial charge in [-0.1, -0.05) is 60.7 Å². The van der Waals surface area contributed by atoms with Crippen molar-refractivity contribution in [2.45, 2.75) is 25.0 Å². The Morgan fingerprint density at radius 3 is 2.26 bits per heavy atom. The minimum Gasteiger partial charge on any atom is -0.423 e. The number of hydrogen-bond acceptors (Lipinski definition) is 4. The molecule has 3 aromatic rings. The molecule has 2 amide bonds.